The summed E-state index contributed by atoms with van der Waals surface area (Å²) in [4.78, 5) is 25.6. The molecule has 0 atom stereocenters. The molecule has 2 rings (SSSR count). The lowest BCUT2D eigenvalue weighted by atomic mass is 10.1. The third-order valence-electron chi connectivity index (χ3n) is 3.64. The van der Waals surface area contributed by atoms with Gasteiger partial charge in [0.2, 0.25) is 0 Å². The minimum atomic E-state index is -0.109. The molecule has 21 heavy (non-hydrogen) atoms. The van der Waals surface area contributed by atoms with Crippen molar-refractivity contribution < 1.29 is 9.59 Å². The Hall–Kier alpha value is -2.04. The standard InChI is InChI=1S/C16H23N3O2/c1-13-5-7-14(8-6-13)15(20)17-9-10-18-16(21)19-11-3-2-4-12-19/h5-8H,2-4,9-12H2,1H3,(H,17,20)(H,18,21). The summed E-state index contributed by atoms with van der Waals surface area (Å²) >= 11 is 0. The smallest absolute Gasteiger partial charge is 0.317 e. The van der Waals surface area contributed by atoms with Crippen LogP contribution in [-0.4, -0.2) is 43.0 Å². The number of hydrogen-bond acceptors (Lipinski definition) is 2. The van der Waals surface area contributed by atoms with Crippen molar-refractivity contribution in [2.45, 2.75) is 26.2 Å². The highest BCUT2D eigenvalue weighted by atomic mass is 16.2. The fraction of sp³-hybridized carbons (Fsp3) is 0.500. The first kappa shape index (κ1) is 15.4. The van der Waals surface area contributed by atoms with Gasteiger partial charge in [-0.05, 0) is 38.3 Å². The van der Waals surface area contributed by atoms with Gasteiger partial charge in [0.15, 0.2) is 0 Å². The maximum Gasteiger partial charge on any atom is 0.317 e. The molecule has 0 bridgehead atoms. The fourth-order valence-corrected chi connectivity index (χ4v) is 2.36. The molecule has 5 nitrogen and oxygen atoms in total. The fourth-order valence-electron chi connectivity index (χ4n) is 2.36. The molecule has 114 valence electrons. The summed E-state index contributed by atoms with van der Waals surface area (Å²) < 4.78 is 0. The van der Waals surface area contributed by atoms with E-state index in [1.807, 2.05) is 24.0 Å². The van der Waals surface area contributed by atoms with Crippen molar-refractivity contribution in [1.82, 2.24) is 15.5 Å². The predicted molar refractivity (Wildman–Crippen MR) is 82.3 cm³/mol. The van der Waals surface area contributed by atoms with Gasteiger partial charge in [0.25, 0.3) is 5.91 Å². The molecule has 5 heteroatoms. The van der Waals surface area contributed by atoms with Crippen LogP contribution in [0, 0.1) is 6.92 Å². The summed E-state index contributed by atoms with van der Waals surface area (Å²) in [6, 6.07) is 7.40. The maximum atomic E-state index is 11.9. The number of carbonyl (C=O) groups excluding carboxylic acids is 2. The molecule has 1 aliphatic rings. The molecule has 1 aromatic rings. The van der Waals surface area contributed by atoms with Crippen LogP contribution in [0.25, 0.3) is 0 Å². The lowest BCUT2D eigenvalue weighted by molar-refractivity contribution is 0.0953. The first-order chi connectivity index (χ1) is 10.2. The van der Waals surface area contributed by atoms with Crippen LogP contribution in [0.2, 0.25) is 0 Å². The lowest BCUT2D eigenvalue weighted by Gasteiger charge is -2.26. The zero-order valence-corrected chi connectivity index (χ0v) is 12.5. The normalized spacial score (nSPS) is 14.6. The number of benzene rings is 1. The average molecular weight is 289 g/mol. The van der Waals surface area contributed by atoms with E-state index in [1.54, 1.807) is 12.1 Å². The Morgan fingerprint density at radius 1 is 1.00 bits per heavy atom. The van der Waals surface area contributed by atoms with Gasteiger partial charge in [0, 0.05) is 31.7 Å². The number of urea groups is 1. The lowest BCUT2D eigenvalue weighted by Crippen LogP contribution is -2.45. The molecule has 0 unspecified atom stereocenters. The van der Waals surface area contributed by atoms with E-state index < -0.39 is 0 Å². The molecule has 1 fully saturated rings. The van der Waals surface area contributed by atoms with Gasteiger partial charge in [0.1, 0.15) is 0 Å². The van der Waals surface area contributed by atoms with Crippen molar-refractivity contribution in [2.75, 3.05) is 26.2 Å². The van der Waals surface area contributed by atoms with Gasteiger partial charge in [-0.15, -0.1) is 0 Å². The van der Waals surface area contributed by atoms with Crippen molar-refractivity contribution >= 4 is 11.9 Å². The maximum absolute atomic E-state index is 11.9. The minimum Gasteiger partial charge on any atom is -0.350 e. The summed E-state index contributed by atoms with van der Waals surface area (Å²) in [6.07, 6.45) is 3.37. The summed E-state index contributed by atoms with van der Waals surface area (Å²) in [7, 11) is 0. The van der Waals surface area contributed by atoms with Crippen molar-refractivity contribution in [1.29, 1.82) is 0 Å². The highest BCUT2D eigenvalue weighted by Gasteiger charge is 2.15. The van der Waals surface area contributed by atoms with E-state index >= 15 is 0 Å². The third-order valence-corrected chi connectivity index (χ3v) is 3.64. The van der Waals surface area contributed by atoms with E-state index in [4.69, 9.17) is 0 Å². The van der Waals surface area contributed by atoms with Crippen molar-refractivity contribution in [3.8, 4) is 0 Å². The second kappa shape index (κ2) is 7.67. The average Bonchev–Trinajstić information content (AvgIpc) is 2.52. The molecule has 2 N–H and O–H groups in total. The highest BCUT2D eigenvalue weighted by Crippen LogP contribution is 2.08. The van der Waals surface area contributed by atoms with Gasteiger partial charge in [-0.2, -0.15) is 0 Å². The van der Waals surface area contributed by atoms with Crippen molar-refractivity contribution in [3.63, 3.8) is 0 Å². The second-order valence-corrected chi connectivity index (χ2v) is 5.40. The molecule has 3 amide bonds. The predicted octanol–water partition coefficient (Wildman–Crippen LogP) is 1.92. The molecule has 0 radical (unpaired) electrons. The molecular formula is C16H23N3O2. The Kier molecular flexibility index (Phi) is 5.60. The number of amides is 3. The number of nitrogens with zero attached hydrogens (tertiary/aromatic N) is 1. The van der Waals surface area contributed by atoms with E-state index in [0.717, 1.165) is 31.5 Å². The van der Waals surface area contributed by atoms with E-state index in [-0.39, 0.29) is 11.9 Å². The van der Waals surface area contributed by atoms with Crippen molar-refractivity contribution in [3.05, 3.63) is 35.4 Å². The van der Waals surface area contributed by atoms with Crippen molar-refractivity contribution in [2.24, 2.45) is 0 Å². The molecule has 0 spiro atoms. The molecule has 0 aromatic heterocycles. The number of piperidine rings is 1. The number of carbonyl (C=O) groups is 2. The molecular weight excluding hydrogens is 266 g/mol. The largest absolute Gasteiger partial charge is 0.350 e. The van der Waals surface area contributed by atoms with Crippen LogP contribution in [0.1, 0.15) is 35.2 Å². The summed E-state index contributed by atoms with van der Waals surface area (Å²) in [5.74, 6) is -0.109. The van der Waals surface area contributed by atoms with E-state index in [1.165, 1.54) is 6.42 Å². The van der Waals surface area contributed by atoms with Gasteiger partial charge >= 0.3 is 6.03 Å². The molecule has 0 aliphatic carbocycles. The first-order valence-electron chi connectivity index (χ1n) is 7.54. The SMILES string of the molecule is Cc1ccc(C(=O)NCCNC(=O)N2CCCCC2)cc1. The molecule has 0 saturated carbocycles. The molecule has 1 saturated heterocycles. The van der Waals surface area contributed by atoms with Gasteiger partial charge in [-0.25, -0.2) is 4.79 Å². The molecule has 1 aliphatic heterocycles. The minimum absolute atomic E-state index is 0.0284. The first-order valence-corrected chi connectivity index (χ1v) is 7.54. The van der Waals surface area contributed by atoms with E-state index in [9.17, 15) is 9.59 Å². The highest BCUT2D eigenvalue weighted by molar-refractivity contribution is 5.94. The second-order valence-electron chi connectivity index (χ2n) is 5.40. The van der Waals surface area contributed by atoms with Gasteiger partial charge in [-0.1, -0.05) is 17.7 Å². The Labute approximate surface area is 125 Å². The Balaban J connectivity index is 1.66. The van der Waals surface area contributed by atoms with Crippen LogP contribution in [-0.2, 0) is 0 Å². The van der Waals surface area contributed by atoms with Gasteiger partial charge < -0.3 is 15.5 Å². The molecule has 1 aromatic carbocycles. The quantitative estimate of drug-likeness (QED) is 0.832. The van der Waals surface area contributed by atoms with Crippen LogP contribution >= 0.6 is 0 Å². The third kappa shape index (κ3) is 4.77. The number of rotatable bonds is 4. The zero-order chi connectivity index (χ0) is 15.1. The molecule has 1 heterocycles. The van der Waals surface area contributed by atoms with Crippen LogP contribution in [0.5, 0.6) is 0 Å². The van der Waals surface area contributed by atoms with Crippen LogP contribution < -0.4 is 10.6 Å². The Bertz CT molecular complexity index is 479. The summed E-state index contributed by atoms with van der Waals surface area (Å²) in [5.41, 5.74) is 1.77. The van der Waals surface area contributed by atoms with Crippen LogP contribution in [0.3, 0.4) is 0 Å². The van der Waals surface area contributed by atoms with Gasteiger partial charge in [0.05, 0.1) is 0 Å². The number of aryl methyl sites for hydroxylation is 1. The Morgan fingerprint density at radius 3 is 2.29 bits per heavy atom. The Morgan fingerprint density at radius 2 is 1.62 bits per heavy atom. The number of nitrogens with one attached hydrogen (secondary N) is 2. The number of hydrogen-bond donors (Lipinski definition) is 2. The number of likely N-dealkylation sites (tertiary alicyclic amines) is 1. The van der Waals surface area contributed by atoms with Gasteiger partial charge in [-0.3, -0.25) is 4.79 Å². The van der Waals surface area contributed by atoms with Crippen LogP contribution in [0.4, 0.5) is 4.79 Å². The summed E-state index contributed by atoms with van der Waals surface area (Å²) in [5, 5.41) is 5.65. The van der Waals surface area contributed by atoms with E-state index in [0.29, 0.717) is 18.7 Å². The topological polar surface area (TPSA) is 61.4 Å². The monoisotopic (exact) mass is 289 g/mol. The summed E-state index contributed by atoms with van der Waals surface area (Å²) in [6.45, 7) is 4.54. The van der Waals surface area contributed by atoms with E-state index in [2.05, 4.69) is 10.6 Å². The zero-order valence-electron chi connectivity index (χ0n) is 12.5. The van der Waals surface area contributed by atoms with Crippen LogP contribution in [0.15, 0.2) is 24.3 Å².